The normalized spacial score (nSPS) is 32.5. The van der Waals surface area contributed by atoms with Gasteiger partial charge in [0.05, 0.1) is 13.2 Å². The number of benzene rings is 2. The molecule has 0 saturated carbocycles. The lowest BCUT2D eigenvalue weighted by Gasteiger charge is -2.40. The first kappa shape index (κ1) is 31.7. The van der Waals surface area contributed by atoms with E-state index in [-0.39, 0.29) is 17.1 Å². The Labute approximate surface area is 246 Å². The number of phenolic OH excluding ortho intramolecular Hbond substituents is 3. The number of aliphatic hydroxyl groups excluding tert-OH is 8. The highest BCUT2D eigenvalue weighted by atomic mass is 16.7. The van der Waals surface area contributed by atoms with E-state index in [1.165, 1.54) is 24.3 Å². The molecule has 240 valence electrons. The monoisotopic (exact) mass is 626 g/mol. The average molecular weight is 627 g/mol. The second-order valence-corrected chi connectivity index (χ2v) is 10.2. The first-order chi connectivity index (χ1) is 20.9. The van der Waals surface area contributed by atoms with E-state index in [0.717, 1.165) is 6.07 Å². The van der Waals surface area contributed by atoms with Crippen molar-refractivity contribution in [3.05, 3.63) is 40.6 Å². The molecule has 2 aliphatic heterocycles. The van der Waals surface area contributed by atoms with Crippen LogP contribution in [0.5, 0.6) is 28.7 Å². The molecule has 17 heteroatoms. The molecule has 5 rings (SSSR count). The molecule has 3 heterocycles. The average Bonchev–Trinajstić information content (AvgIpc) is 3.01. The standard InChI is InChI=1S/C27H30O17/c28-6-12-15(32)18(35)20(37)26(41-12)43-24-17(34)14-10(31)5-11(8-1-3-9(30)4-2-8)40-23(14)25(22(24)39)44-27-21(38)19(36)16(33)13(7-29)42-27/h1-5,12-13,15-16,18-21,26-30,32-39H,6-7H2/t12-,13-,15+,16-,18+,19+,20-,21-,26+,27+/m1/s1. The van der Waals surface area contributed by atoms with Gasteiger partial charge in [-0.1, -0.05) is 0 Å². The van der Waals surface area contributed by atoms with E-state index in [9.17, 15) is 61.0 Å². The maximum absolute atomic E-state index is 13.3. The molecule has 2 aromatic carbocycles. The predicted octanol–water partition coefficient (Wildman–Crippen LogP) is -3.07. The Bertz CT molecular complexity index is 1540. The highest BCUT2D eigenvalue weighted by Gasteiger charge is 2.47. The molecule has 2 fully saturated rings. The summed E-state index contributed by atoms with van der Waals surface area (Å²) in [7, 11) is 0. The van der Waals surface area contributed by atoms with Gasteiger partial charge in [-0.15, -0.1) is 0 Å². The highest BCUT2D eigenvalue weighted by molar-refractivity contribution is 5.95. The second kappa shape index (κ2) is 12.3. The zero-order valence-corrected chi connectivity index (χ0v) is 22.4. The van der Waals surface area contributed by atoms with Gasteiger partial charge in [0.25, 0.3) is 0 Å². The SMILES string of the molecule is O=c1cc(-c2ccc(O)cc2)oc2c(O[C@@H]3O[C@H](CO)[C@@H](O)[C@H](O)[C@H]3O)c(O)c(O[C@@H]3O[C@H](CO)[C@H](O)[C@H](O)[C@H]3O)c(O)c12. The third kappa shape index (κ3) is 5.50. The van der Waals surface area contributed by atoms with Gasteiger partial charge in [-0.05, 0) is 24.3 Å². The molecule has 0 radical (unpaired) electrons. The summed E-state index contributed by atoms with van der Waals surface area (Å²) in [6.45, 7) is -1.67. The van der Waals surface area contributed by atoms with Crippen LogP contribution in [0.1, 0.15) is 0 Å². The smallest absolute Gasteiger partial charge is 0.229 e. The van der Waals surface area contributed by atoms with Crippen molar-refractivity contribution in [1.82, 2.24) is 0 Å². The summed E-state index contributed by atoms with van der Waals surface area (Å²) in [6, 6.07) is 6.29. The molecule has 0 unspecified atom stereocenters. The topological polar surface area (TPSA) is 290 Å². The third-order valence-corrected chi connectivity index (χ3v) is 7.35. The minimum Gasteiger partial charge on any atom is -0.508 e. The van der Waals surface area contributed by atoms with E-state index in [1.807, 2.05) is 0 Å². The molecule has 0 amide bonds. The number of phenols is 3. The number of hydrogen-bond acceptors (Lipinski definition) is 17. The zero-order chi connectivity index (χ0) is 32.0. The van der Waals surface area contributed by atoms with Gasteiger partial charge in [-0.2, -0.15) is 0 Å². The largest absolute Gasteiger partial charge is 0.508 e. The molecule has 0 bridgehead atoms. The van der Waals surface area contributed by atoms with Crippen molar-refractivity contribution < 1.29 is 79.5 Å². The molecule has 2 saturated heterocycles. The Kier molecular flexibility index (Phi) is 8.87. The van der Waals surface area contributed by atoms with Crippen LogP contribution in [0.15, 0.2) is 39.5 Å². The van der Waals surface area contributed by atoms with E-state index in [1.54, 1.807) is 0 Å². The van der Waals surface area contributed by atoms with Crippen molar-refractivity contribution in [2.45, 2.75) is 61.4 Å². The lowest BCUT2D eigenvalue weighted by molar-refractivity contribution is -0.279. The minimum absolute atomic E-state index is 0.103. The maximum Gasteiger partial charge on any atom is 0.229 e. The highest BCUT2D eigenvalue weighted by Crippen LogP contribution is 2.51. The Hall–Kier alpha value is -3.75. The van der Waals surface area contributed by atoms with Gasteiger partial charge >= 0.3 is 0 Å². The lowest BCUT2D eigenvalue weighted by Crippen LogP contribution is -2.60. The van der Waals surface area contributed by atoms with Crippen LogP contribution in [0.4, 0.5) is 0 Å². The molecular formula is C27H30O17. The van der Waals surface area contributed by atoms with E-state index < -0.39 is 114 Å². The van der Waals surface area contributed by atoms with Crippen molar-refractivity contribution in [2.75, 3.05) is 13.2 Å². The van der Waals surface area contributed by atoms with Gasteiger partial charge in [-0.25, -0.2) is 0 Å². The fourth-order valence-electron chi connectivity index (χ4n) is 4.86. The van der Waals surface area contributed by atoms with Gasteiger partial charge in [0.2, 0.25) is 29.8 Å². The fourth-order valence-corrected chi connectivity index (χ4v) is 4.86. The van der Waals surface area contributed by atoms with Gasteiger partial charge in [-0.3, -0.25) is 4.79 Å². The van der Waals surface area contributed by atoms with Crippen molar-refractivity contribution in [3.63, 3.8) is 0 Å². The first-order valence-corrected chi connectivity index (χ1v) is 13.2. The van der Waals surface area contributed by atoms with Gasteiger partial charge < -0.3 is 79.5 Å². The number of aliphatic hydroxyl groups is 8. The van der Waals surface area contributed by atoms with Crippen LogP contribution >= 0.6 is 0 Å². The number of rotatable bonds is 7. The minimum atomic E-state index is -2.01. The summed E-state index contributed by atoms with van der Waals surface area (Å²) in [5, 5.41) is 112. The molecule has 1 aromatic heterocycles. The van der Waals surface area contributed by atoms with Crippen LogP contribution in [0.25, 0.3) is 22.3 Å². The predicted molar refractivity (Wildman–Crippen MR) is 142 cm³/mol. The van der Waals surface area contributed by atoms with E-state index >= 15 is 0 Å². The van der Waals surface area contributed by atoms with Crippen LogP contribution < -0.4 is 14.9 Å². The van der Waals surface area contributed by atoms with Crippen LogP contribution in [0, 0.1) is 0 Å². The molecule has 0 aliphatic carbocycles. The van der Waals surface area contributed by atoms with Crippen molar-refractivity contribution in [3.8, 4) is 40.1 Å². The maximum atomic E-state index is 13.3. The van der Waals surface area contributed by atoms with Gasteiger partial charge in [0.1, 0.15) is 65.7 Å². The Morgan fingerprint density at radius 3 is 1.66 bits per heavy atom. The molecule has 0 spiro atoms. The first-order valence-electron chi connectivity index (χ1n) is 13.2. The summed E-state index contributed by atoms with van der Waals surface area (Å²) in [4.78, 5) is 13.3. The quantitative estimate of drug-likeness (QED) is 0.124. The lowest BCUT2D eigenvalue weighted by atomic mass is 9.99. The number of aromatic hydroxyl groups is 3. The van der Waals surface area contributed by atoms with Crippen molar-refractivity contribution in [2.24, 2.45) is 0 Å². The van der Waals surface area contributed by atoms with Crippen LogP contribution in [-0.4, -0.2) is 131 Å². The Morgan fingerprint density at radius 1 is 0.659 bits per heavy atom. The molecule has 11 N–H and O–H groups in total. The fraction of sp³-hybridized carbons (Fsp3) is 0.444. The van der Waals surface area contributed by atoms with E-state index in [2.05, 4.69) is 0 Å². The zero-order valence-electron chi connectivity index (χ0n) is 22.4. The molecule has 2 aliphatic rings. The summed E-state index contributed by atoms with van der Waals surface area (Å²) in [5.41, 5.74) is -1.33. The molecule has 17 nitrogen and oxygen atoms in total. The third-order valence-electron chi connectivity index (χ3n) is 7.35. The summed E-state index contributed by atoms with van der Waals surface area (Å²) in [6.07, 6.45) is -18.2. The summed E-state index contributed by atoms with van der Waals surface area (Å²) >= 11 is 0. The van der Waals surface area contributed by atoms with E-state index in [0.29, 0.717) is 0 Å². The molecule has 44 heavy (non-hydrogen) atoms. The number of ether oxygens (including phenoxy) is 4. The van der Waals surface area contributed by atoms with Crippen molar-refractivity contribution in [1.29, 1.82) is 0 Å². The summed E-state index contributed by atoms with van der Waals surface area (Å²) in [5.74, 6) is -4.28. The number of fused-ring (bicyclic) bond motifs is 1. The van der Waals surface area contributed by atoms with Crippen LogP contribution in [0.2, 0.25) is 0 Å². The van der Waals surface area contributed by atoms with E-state index in [4.69, 9.17) is 23.4 Å². The van der Waals surface area contributed by atoms with Crippen LogP contribution in [-0.2, 0) is 9.47 Å². The second-order valence-electron chi connectivity index (χ2n) is 10.2. The van der Waals surface area contributed by atoms with Gasteiger partial charge in [0, 0.05) is 11.6 Å². The summed E-state index contributed by atoms with van der Waals surface area (Å²) < 4.78 is 27.5. The van der Waals surface area contributed by atoms with Crippen molar-refractivity contribution >= 4 is 11.0 Å². The Morgan fingerprint density at radius 2 is 1.16 bits per heavy atom. The van der Waals surface area contributed by atoms with Crippen LogP contribution in [0.3, 0.4) is 0 Å². The molecule has 3 aromatic rings. The number of hydrogen-bond donors (Lipinski definition) is 11. The molecule has 10 atom stereocenters. The molecular weight excluding hydrogens is 596 g/mol. The Balaban J connectivity index is 1.67. The van der Waals surface area contributed by atoms with Gasteiger partial charge in [0.15, 0.2) is 16.8 Å².